The van der Waals surface area contributed by atoms with Gasteiger partial charge in [-0.25, -0.2) is 0 Å². The van der Waals surface area contributed by atoms with Gasteiger partial charge in [0.1, 0.15) is 0 Å². The summed E-state index contributed by atoms with van der Waals surface area (Å²) in [4.78, 5) is 27.7. The van der Waals surface area contributed by atoms with Crippen LogP contribution in [0.15, 0.2) is 72.8 Å². The third-order valence-electron chi connectivity index (χ3n) is 6.29. The number of carbonyl (C=O) groups is 2. The zero-order chi connectivity index (χ0) is 26.4. The number of amides is 2. The summed E-state index contributed by atoms with van der Waals surface area (Å²) in [5, 5.41) is 5.23. The van der Waals surface area contributed by atoms with Crippen LogP contribution in [-0.4, -0.2) is 42.2 Å². The van der Waals surface area contributed by atoms with Crippen molar-refractivity contribution in [2.75, 3.05) is 23.7 Å². The number of benzene rings is 3. The minimum absolute atomic E-state index is 0.177. The molecule has 0 spiro atoms. The van der Waals surface area contributed by atoms with Gasteiger partial charge in [-0.05, 0) is 74.3 Å². The zero-order valence-electron chi connectivity index (χ0n) is 20.3. The van der Waals surface area contributed by atoms with Gasteiger partial charge in [-0.1, -0.05) is 48.9 Å². The molecule has 1 aliphatic rings. The molecule has 2 N–H and O–H groups in total. The highest BCUT2D eigenvalue weighted by Gasteiger charge is 2.33. The quantitative estimate of drug-likeness (QED) is 0.390. The second-order valence-corrected chi connectivity index (χ2v) is 8.92. The molecule has 0 aromatic heterocycles. The minimum atomic E-state index is -4.94. The van der Waals surface area contributed by atoms with Gasteiger partial charge in [0.25, 0.3) is 5.91 Å². The van der Waals surface area contributed by atoms with Gasteiger partial charge < -0.3 is 15.4 Å². The fourth-order valence-electron chi connectivity index (χ4n) is 4.28. The molecule has 3 aromatic rings. The van der Waals surface area contributed by atoms with E-state index >= 15 is 0 Å². The Labute approximate surface area is 213 Å². The normalized spacial score (nSPS) is 15.0. The lowest BCUT2D eigenvalue weighted by Gasteiger charge is -2.31. The highest BCUT2D eigenvalue weighted by molar-refractivity contribution is 6.05. The lowest BCUT2D eigenvalue weighted by Crippen LogP contribution is -2.44. The van der Waals surface area contributed by atoms with Gasteiger partial charge in [0.15, 0.2) is 5.75 Å². The predicted octanol–water partition coefficient (Wildman–Crippen LogP) is 6.32. The van der Waals surface area contributed by atoms with Gasteiger partial charge in [-0.15, -0.1) is 13.2 Å². The van der Waals surface area contributed by atoms with Crippen LogP contribution >= 0.6 is 0 Å². The first kappa shape index (κ1) is 26.2. The van der Waals surface area contributed by atoms with Crippen LogP contribution in [0.5, 0.6) is 5.75 Å². The predicted molar refractivity (Wildman–Crippen MR) is 136 cm³/mol. The van der Waals surface area contributed by atoms with E-state index in [4.69, 9.17) is 0 Å². The van der Waals surface area contributed by atoms with E-state index in [2.05, 4.69) is 15.4 Å². The van der Waals surface area contributed by atoms with Crippen LogP contribution in [0.4, 0.5) is 24.5 Å². The molecule has 1 fully saturated rings. The Kier molecular flexibility index (Phi) is 8.13. The maximum Gasteiger partial charge on any atom is 0.573 e. The molecule has 4 rings (SSSR count). The number of halogens is 3. The molecular formula is C28H28F3N3O3. The van der Waals surface area contributed by atoms with E-state index in [9.17, 15) is 22.8 Å². The van der Waals surface area contributed by atoms with Crippen molar-refractivity contribution in [3.05, 3.63) is 78.4 Å². The van der Waals surface area contributed by atoms with Crippen LogP contribution in [0.2, 0.25) is 0 Å². The third-order valence-corrected chi connectivity index (χ3v) is 6.29. The summed E-state index contributed by atoms with van der Waals surface area (Å²) in [5.41, 5.74) is 2.36. The van der Waals surface area contributed by atoms with Crippen LogP contribution < -0.4 is 15.4 Å². The Hall–Kier alpha value is -3.85. The van der Waals surface area contributed by atoms with Crippen LogP contribution in [0.25, 0.3) is 11.1 Å². The molecule has 37 heavy (non-hydrogen) atoms. The standard InChI is InChI=1S/C28H28F3N3O3/c1-19(34-16-6-3-7-17-34)26(35)33-24-18-23(14-15-25(24)37-28(29,30)31)32-27(36)22-12-10-21(11-13-22)20-8-4-2-5-9-20/h2,4-5,8-15,18-19H,3,6-7,16-17H2,1H3,(H,32,36)(H,33,35)/t19-/m0/s1. The molecule has 1 atom stereocenters. The molecule has 1 aliphatic heterocycles. The van der Waals surface area contributed by atoms with Crippen LogP contribution in [0, 0.1) is 0 Å². The number of rotatable bonds is 7. The molecule has 0 aliphatic carbocycles. The molecule has 0 unspecified atom stereocenters. The first-order valence-corrected chi connectivity index (χ1v) is 12.1. The van der Waals surface area contributed by atoms with Crippen molar-refractivity contribution < 1.29 is 27.5 Å². The number of anilines is 2. The fraction of sp³-hybridized carbons (Fsp3) is 0.286. The maximum atomic E-state index is 13.0. The van der Waals surface area contributed by atoms with Crippen LogP contribution in [-0.2, 0) is 4.79 Å². The summed E-state index contributed by atoms with van der Waals surface area (Å²) in [6.07, 6.45) is -1.92. The first-order chi connectivity index (χ1) is 17.7. The molecule has 1 heterocycles. The minimum Gasteiger partial charge on any atom is -0.404 e. The summed E-state index contributed by atoms with van der Waals surface area (Å²) in [5.74, 6) is -1.45. The van der Waals surface area contributed by atoms with E-state index in [1.54, 1.807) is 19.1 Å². The Morgan fingerprint density at radius 1 is 0.865 bits per heavy atom. The number of ether oxygens (including phenoxy) is 1. The van der Waals surface area contributed by atoms with Crippen LogP contribution in [0.1, 0.15) is 36.5 Å². The molecule has 0 saturated carbocycles. The van der Waals surface area contributed by atoms with Gasteiger partial charge in [-0.3, -0.25) is 14.5 Å². The highest BCUT2D eigenvalue weighted by atomic mass is 19.4. The average Bonchev–Trinajstić information content (AvgIpc) is 2.90. The van der Waals surface area contributed by atoms with Crippen molar-refractivity contribution in [2.24, 2.45) is 0 Å². The van der Waals surface area contributed by atoms with Crippen molar-refractivity contribution in [3.8, 4) is 16.9 Å². The topological polar surface area (TPSA) is 70.7 Å². The van der Waals surface area contributed by atoms with E-state index in [0.29, 0.717) is 5.56 Å². The van der Waals surface area contributed by atoms with Crippen molar-refractivity contribution in [1.82, 2.24) is 4.90 Å². The second-order valence-electron chi connectivity index (χ2n) is 8.92. The van der Waals surface area contributed by atoms with Gasteiger partial charge >= 0.3 is 6.36 Å². The fourth-order valence-corrected chi connectivity index (χ4v) is 4.28. The first-order valence-electron chi connectivity index (χ1n) is 12.1. The summed E-state index contributed by atoms with van der Waals surface area (Å²) in [6, 6.07) is 19.8. The molecule has 6 nitrogen and oxygen atoms in total. The Bertz CT molecular complexity index is 1220. The van der Waals surface area contributed by atoms with Gasteiger partial charge in [-0.2, -0.15) is 0 Å². The number of alkyl halides is 3. The largest absolute Gasteiger partial charge is 0.573 e. The molecule has 0 radical (unpaired) electrons. The lowest BCUT2D eigenvalue weighted by atomic mass is 10.0. The van der Waals surface area contributed by atoms with E-state index < -0.39 is 30.0 Å². The molecule has 9 heteroatoms. The van der Waals surface area contributed by atoms with E-state index in [0.717, 1.165) is 49.5 Å². The summed E-state index contributed by atoms with van der Waals surface area (Å²) >= 11 is 0. The lowest BCUT2D eigenvalue weighted by molar-refractivity contribution is -0.274. The average molecular weight is 512 g/mol. The van der Waals surface area contributed by atoms with Crippen molar-refractivity contribution in [2.45, 2.75) is 38.6 Å². The molecule has 0 bridgehead atoms. The summed E-state index contributed by atoms with van der Waals surface area (Å²) < 4.78 is 43.1. The number of likely N-dealkylation sites (tertiary alicyclic amines) is 1. The molecule has 194 valence electrons. The van der Waals surface area contributed by atoms with Gasteiger partial charge in [0, 0.05) is 11.3 Å². The maximum absolute atomic E-state index is 13.0. The highest BCUT2D eigenvalue weighted by Crippen LogP contribution is 2.33. The van der Waals surface area contributed by atoms with E-state index in [1.165, 1.54) is 12.1 Å². The molecule has 1 saturated heterocycles. The van der Waals surface area contributed by atoms with Crippen LogP contribution in [0.3, 0.4) is 0 Å². The number of carbonyl (C=O) groups excluding carboxylic acids is 2. The Morgan fingerprint density at radius 3 is 2.16 bits per heavy atom. The van der Waals surface area contributed by atoms with Crippen molar-refractivity contribution >= 4 is 23.2 Å². The molecule has 3 aromatic carbocycles. The van der Waals surface area contributed by atoms with E-state index in [-0.39, 0.29) is 11.4 Å². The zero-order valence-corrected chi connectivity index (χ0v) is 20.3. The summed E-state index contributed by atoms with van der Waals surface area (Å²) in [7, 11) is 0. The van der Waals surface area contributed by atoms with Crippen molar-refractivity contribution in [3.63, 3.8) is 0 Å². The SMILES string of the molecule is C[C@@H](C(=O)Nc1cc(NC(=O)c2ccc(-c3ccccc3)cc2)ccc1OC(F)(F)F)N1CCCCC1. The Balaban J connectivity index is 1.50. The van der Waals surface area contributed by atoms with Gasteiger partial charge in [0.2, 0.25) is 5.91 Å². The smallest absolute Gasteiger partial charge is 0.404 e. The number of hydrogen-bond donors (Lipinski definition) is 2. The monoisotopic (exact) mass is 511 g/mol. The number of nitrogens with one attached hydrogen (secondary N) is 2. The third kappa shape index (κ3) is 7.10. The van der Waals surface area contributed by atoms with E-state index in [1.807, 2.05) is 47.4 Å². The van der Waals surface area contributed by atoms with Crippen molar-refractivity contribution in [1.29, 1.82) is 0 Å². The second kappa shape index (κ2) is 11.5. The molecule has 2 amide bonds. The summed E-state index contributed by atoms with van der Waals surface area (Å²) in [6.45, 7) is 3.22. The number of hydrogen-bond acceptors (Lipinski definition) is 4. The Morgan fingerprint density at radius 2 is 1.51 bits per heavy atom. The van der Waals surface area contributed by atoms with Gasteiger partial charge in [0.05, 0.1) is 11.7 Å². The molecular weight excluding hydrogens is 483 g/mol. The number of nitrogens with zero attached hydrogens (tertiary/aromatic N) is 1. The number of piperidine rings is 1.